The van der Waals surface area contributed by atoms with Crippen LogP contribution in [-0.2, 0) is 0 Å². The first kappa shape index (κ1) is 18.2. The van der Waals surface area contributed by atoms with Gasteiger partial charge in [-0.3, -0.25) is 14.4 Å². The third kappa shape index (κ3) is 3.14. The Morgan fingerprint density at radius 2 is 1.46 bits per heavy atom. The van der Waals surface area contributed by atoms with E-state index in [-0.39, 0.29) is 23.0 Å². The van der Waals surface area contributed by atoms with Crippen molar-refractivity contribution in [3.63, 3.8) is 0 Å². The smallest absolute Gasteiger partial charge is 0.255 e. The van der Waals surface area contributed by atoms with Gasteiger partial charge >= 0.3 is 0 Å². The zero-order valence-electron chi connectivity index (χ0n) is 15.2. The molecule has 1 aliphatic carbocycles. The molecule has 4 rings (SSSR count). The third-order valence-corrected chi connectivity index (χ3v) is 5.52. The SMILES string of the molecule is CCSc1ccc(C(=O)Nc2cccc3c2C(=O)c2ccccc2C3=O)cc1. The summed E-state index contributed by atoms with van der Waals surface area (Å²) in [5.41, 5.74) is 2.17. The highest BCUT2D eigenvalue weighted by Crippen LogP contribution is 2.32. The van der Waals surface area contributed by atoms with E-state index in [4.69, 9.17) is 0 Å². The zero-order valence-corrected chi connectivity index (χ0v) is 16.0. The number of ketones is 2. The Morgan fingerprint density at radius 1 is 0.821 bits per heavy atom. The first-order valence-electron chi connectivity index (χ1n) is 8.96. The Hall–Kier alpha value is -3.18. The molecule has 1 amide bonds. The first-order chi connectivity index (χ1) is 13.6. The van der Waals surface area contributed by atoms with Crippen LogP contribution in [0, 0.1) is 0 Å². The highest BCUT2D eigenvalue weighted by atomic mass is 32.2. The summed E-state index contributed by atoms with van der Waals surface area (Å²) in [6, 6.07) is 19.0. The van der Waals surface area contributed by atoms with Gasteiger partial charge in [0.25, 0.3) is 5.91 Å². The molecule has 1 N–H and O–H groups in total. The van der Waals surface area contributed by atoms with Crippen LogP contribution in [0.15, 0.2) is 71.6 Å². The second-order valence-electron chi connectivity index (χ2n) is 6.34. The van der Waals surface area contributed by atoms with Crippen LogP contribution in [0.4, 0.5) is 5.69 Å². The van der Waals surface area contributed by atoms with Crippen molar-refractivity contribution >= 4 is 34.9 Å². The largest absolute Gasteiger partial charge is 0.321 e. The summed E-state index contributed by atoms with van der Waals surface area (Å²) < 4.78 is 0. The number of carbonyl (C=O) groups excluding carboxylic acids is 3. The Balaban J connectivity index is 1.68. The van der Waals surface area contributed by atoms with E-state index in [1.54, 1.807) is 66.4 Å². The van der Waals surface area contributed by atoms with Crippen LogP contribution in [0.3, 0.4) is 0 Å². The van der Waals surface area contributed by atoms with Crippen molar-refractivity contribution in [2.45, 2.75) is 11.8 Å². The molecule has 138 valence electrons. The van der Waals surface area contributed by atoms with E-state index in [9.17, 15) is 14.4 Å². The van der Waals surface area contributed by atoms with Crippen molar-refractivity contribution in [2.75, 3.05) is 11.1 Å². The van der Waals surface area contributed by atoms with Gasteiger partial charge in [0.2, 0.25) is 0 Å². The van der Waals surface area contributed by atoms with Gasteiger partial charge in [-0.2, -0.15) is 0 Å². The summed E-state index contributed by atoms with van der Waals surface area (Å²) in [5, 5.41) is 2.80. The second kappa shape index (κ2) is 7.44. The Morgan fingerprint density at radius 3 is 2.14 bits per heavy atom. The lowest BCUT2D eigenvalue weighted by Gasteiger charge is -2.20. The highest BCUT2D eigenvalue weighted by Gasteiger charge is 2.31. The van der Waals surface area contributed by atoms with E-state index in [1.165, 1.54) is 0 Å². The van der Waals surface area contributed by atoms with E-state index in [1.807, 2.05) is 12.1 Å². The number of carbonyl (C=O) groups is 3. The fourth-order valence-electron chi connectivity index (χ4n) is 3.31. The van der Waals surface area contributed by atoms with E-state index in [0.29, 0.717) is 27.9 Å². The van der Waals surface area contributed by atoms with Crippen LogP contribution in [0.5, 0.6) is 0 Å². The monoisotopic (exact) mass is 387 g/mol. The molecule has 3 aromatic carbocycles. The van der Waals surface area contributed by atoms with Crippen LogP contribution in [0.25, 0.3) is 0 Å². The molecule has 4 nitrogen and oxygen atoms in total. The van der Waals surface area contributed by atoms with Gasteiger partial charge in [-0.1, -0.05) is 43.3 Å². The molecule has 0 radical (unpaired) electrons. The minimum absolute atomic E-state index is 0.206. The number of nitrogens with one attached hydrogen (secondary N) is 1. The van der Waals surface area contributed by atoms with Gasteiger partial charge in [-0.25, -0.2) is 0 Å². The predicted octanol–water partition coefficient (Wildman–Crippen LogP) is 4.83. The molecule has 0 bridgehead atoms. The summed E-state index contributed by atoms with van der Waals surface area (Å²) in [5.74, 6) is 0.179. The van der Waals surface area contributed by atoms with E-state index >= 15 is 0 Å². The summed E-state index contributed by atoms with van der Waals surface area (Å²) in [6.07, 6.45) is 0. The lowest BCUT2D eigenvalue weighted by molar-refractivity contribution is 0.0978. The molecule has 0 aliphatic heterocycles. The molecule has 28 heavy (non-hydrogen) atoms. The number of rotatable bonds is 4. The van der Waals surface area contributed by atoms with E-state index < -0.39 is 0 Å². The van der Waals surface area contributed by atoms with Gasteiger partial charge in [0, 0.05) is 27.1 Å². The number of benzene rings is 3. The van der Waals surface area contributed by atoms with Gasteiger partial charge in [-0.15, -0.1) is 11.8 Å². The van der Waals surface area contributed by atoms with Crippen molar-refractivity contribution in [2.24, 2.45) is 0 Å². The molecule has 0 spiro atoms. The normalized spacial score (nSPS) is 12.3. The molecule has 3 aromatic rings. The Kier molecular flexibility index (Phi) is 4.84. The average molecular weight is 387 g/mol. The van der Waals surface area contributed by atoms with Crippen LogP contribution in [0.2, 0.25) is 0 Å². The molecule has 5 heteroatoms. The average Bonchev–Trinajstić information content (AvgIpc) is 2.72. The summed E-state index contributed by atoms with van der Waals surface area (Å²) >= 11 is 1.70. The van der Waals surface area contributed by atoms with Crippen LogP contribution in [0.1, 0.15) is 49.1 Å². The minimum atomic E-state index is -0.319. The number of hydrogen-bond acceptors (Lipinski definition) is 4. The molecule has 0 aromatic heterocycles. The molecular weight excluding hydrogens is 370 g/mol. The molecule has 1 aliphatic rings. The van der Waals surface area contributed by atoms with Gasteiger partial charge < -0.3 is 5.32 Å². The number of amides is 1. The van der Waals surface area contributed by atoms with Crippen molar-refractivity contribution in [1.29, 1.82) is 0 Å². The first-order valence-corrected chi connectivity index (χ1v) is 9.94. The summed E-state index contributed by atoms with van der Waals surface area (Å²) in [7, 11) is 0. The summed E-state index contributed by atoms with van der Waals surface area (Å²) in [4.78, 5) is 39.6. The maximum atomic E-state index is 13.0. The molecule has 0 unspecified atom stereocenters. The lowest BCUT2D eigenvalue weighted by atomic mass is 9.83. The van der Waals surface area contributed by atoms with Gasteiger partial charge in [0.1, 0.15) is 0 Å². The molecule has 0 atom stereocenters. The molecular formula is C23H17NO3S. The molecule has 0 saturated heterocycles. The maximum Gasteiger partial charge on any atom is 0.255 e. The zero-order chi connectivity index (χ0) is 19.7. The van der Waals surface area contributed by atoms with Crippen LogP contribution < -0.4 is 5.32 Å². The number of hydrogen-bond donors (Lipinski definition) is 1. The standard InChI is InChI=1S/C23H17NO3S/c1-2-28-15-12-10-14(11-13-15)23(27)24-19-9-5-8-18-20(19)22(26)17-7-4-3-6-16(17)21(18)25/h3-13H,2H2,1H3,(H,24,27). The number of anilines is 1. The summed E-state index contributed by atoms with van der Waals surface area (Å²) in [6.45, 7) is 2.07. The molecule has 0 saturated carbocycles. The lowest BCUT2D eigenvalue weighted by Crippen LogP contribution is -2.23. The minimum Gasteiger partial charge on any atom is -0.321 e. The maximum absolute atomic E-state index is 13.0. The van der Waals surface area contributed by atoms with Gasteiger partial charge in [-0.05, 0) is 36.1 Å². The van der Waals surface area contributed by atoms with E-state index in [2.05, 4.69) is 12.2 Å². The van der Waals surface area contributed by atoms with Gasteiger partial charge in [0.15, 0.2) is 11.6 Å². The Labute approximate surface area is 167 Å². The van der Waals surface area contributed by atoms with Crippen molar-refractivity contribution in [3.8, 4) is 0 Å². The fraction of sp³-hybridized carbons (Fsp3) is 0.0870. The quantitative estimate of drug-likeness (QED) is 0.510. The number of thioether (sulfide) groups is 1. The second-order valence-corrected chi connectivity index (χ2v) is 7.68. The van der Waals surface area contributed by atoms with Crippen LogP contribution >= 0.6 is 11.8 Å². The molecule has 0 heterocycles. The third-order valence-electron chi connectivity index (χ3n) is 4.63. The van der Waals surface area contributed by atoms with Crippen LogP contribution in [-0.4, -0.2) is 23.2 Å². The highest BCUT2D eigenvalue weighted by molar-refractivity contribution is 7.99. The van der Waals surface area contributed by atoms with E-state index in [0.717, 1.165) is 10.6 Å². The van der Waals surface area contributed by atoms with Crippen molar-refractivity contribution in [3.05, 3.63) is 94.5 Å². The van der Waals surface area contributed by atoms with Crippen molar-refractivity contribution < 1.29 is 14.4 Å². The fourth-order valence-corrected chi connectivity index (χ4v) is 3.97. The topological polar surface area (TPSA) is 63.2 Å². The van der Waals surface area contributed by atoms with Crippen molar-refractivity contribution in [1.82, 2.24) is 0 Å². The molecule has 0 fully saturated rings. The predicted molar refractivity (Wildman–Crippen MR) is 111 cm³/mol. The Bertz CT molecular complexity index is 1100. The van der Waals surface area contributed by atoms with Gasteiger partial charge in [0.05, 0.1) is 11.3 Å². The number of fused-ring (bicyclic) bond motifs is 2.